The van der Waals surface area contributed by atoms with Crippen LogP contribution in [0.2, 0.25) is 0 Å². The molecule has 7 heteroatoms. The first-order valence-electron chi connectivity index (χ1n) is 5.33. The van der Waals surface area contributed by atoms with Crippen LogP contribution in [-0.2, 0) is 16.6 Å². The van der Waals surface area contributed by atoms with Gasteiger partial charge in [0.05, 0.1) is 17.1 Å². The van der Waals surface area contributed by atoms with E-state index in [1.54, 1.807) is 18.2 Å². The normalized spacial score (nSPS) is 11.5. The van der Waals surface area contributed by atoms with Gasteiger partial charge < -0.3 is 0 Å². The lowest BCUT2D eigenvalue weighted by atomic mass is 10.3. The van der Waals surface area contributed by atoms with Gasteiger partial charge in [0.2, 0.25) is 10.0 Å². The lowest BCUT2D eigenvalue weighted by molar-refractivity contribution is 0.561. The number of sulfonamides is 1. The van der Waals surface area contributed by atoms with Crippen LogP contribution in [0.4, 0.5) is 8.78 Å². The average molecular weight is 284 g/mol. The SMILES string of the molecule is O=S(=O)(NCc1ccccn1)c1cc(F)cc(F)c1. The molecule has 0 bridgehead atoms. The summed E-state index contributed by atoms with van der Waals surface area (Å²) in [7, 11) is -3.97. The first-order chi connectivity index (χ1) is 8.97. The molecule has 0 spiro atoms. The summed E-state index contributed by atoms with van der Waals surface area (Å²) in [6.07, 6.45) is 1.52. The van der Waals surface area contributed by atoms with Gasteiger partial charge in [-0.1, -0.05) is 6.07 Å². The molecule has 0 aliphatic carbocycles. The van der Waals surface area contributed by atoms with E-state index in [1.807, 2.05) is 0 Å². The largest absolute Gasteiger partial charge is 0.260 e. The molecule has 1 heterocycles. The molecule has 0 aliphatic heterocycles. The molecule has 0 atom stereocenters. The van der Waals surface area contributed by atoms with Crippen molar-refractivity contribution in [1.82, 2.24) is 9.71 Å². The standard InChI is InChI=1S/C12H10F2N2O2S/c13-9-5-10(14)7-12(6-9)19(17,18)16-8-11-3-1-2-4-15-11/h1-7,16H,8H2. The van der Waals surface area contributed by atoms with Gasteiger partial charge in [0.25, 0.3) is 0 Å². The van der Waals surface area contributed by atoms with Crippen LogP contribution in [0.1, 0.15) is 5.69 Å². The minimum Gasteiger partial charge on any atom is -0.260 e. The molecule has 2 rings (SSSR count). The van der Waals surface area contributed by atoms with Gasteiger partial charge in [0.1, 0.15) is 11.6 Å². The fourth-order valence-corrected chi connectivity index (χ4v) is 2.48. The number of benzene rings is 1. The Labute approximate surface area is 109 Å². The van der Waals surface area contributed by atoms with Crippen molar-refractivity contribution in [1.29, 1.82) is 0 Å². The molecule has 0 fully saturated rings. The highest BCUT2D eigenvalue weighted by molar-refractivity contribution is 7.89. The van der Waals surface area contributed by atoms with Crippen LogP contribution in [0.15, 0.2) is 47.5 Å². The summed E-state index contributed by atoms with van der Waals surface area (Å²) in [5.41, 5.74) is 0.503. The summed E-state index contributed by atoms with van der Waals surface area (Å²) < 4.78 is 51.9. The molecule has 0 unspecified atom stereocenters. The molecule has 1 N–H and O–H groups in total. The van der Waals surface area contributed by atoms with Crippen molar-refractivity contribution >= 4 is 10.0 Å². The second-order valence-electron chi connectivity index (χ2n) is 3.75. The van der Waals surface area contributed by atoms with E-state index in [9.17, 15) is 17.2 Å². The molecule has 1 aromatic carbocycles. The van der Waals surface area contributed by atoms with Crippen LogP contribution in [-0.4, -0.2) is 13.4 Å². The number of hydrogen-bond acceptors (Lipinski definition) is 3. The molecule has 0 aliphatic rings. The van der Waals surface area contributed by atoms with E-state index in [4.69, 9.17) is 0 Å². The van der Waals surface area contributed by atoms with E-state index in [1.165, 1.54) is 6.20 Å². The molecule has 100 valence electrons. The first-order valence-corrected chi connectivity index (χ1v) is 6.81. The fourth-order valence-electron chi connectivity index (χ4n) is 1.44. The zero-order valence-electron chi connectivity index (χ0n) is 9.68. The first kappa shape index (κ1) is 13.6. The Kier molecular flexibility index (Phi) is 3.87. The molecule has 0 amide bonds. The molecule has 0 radical (unpaired) electrons. The summed E-state index contributed by atoms with van der Waals surface area (Å²) >= 11 is 0. The Hall–Kier alpha value is -1.86. The van der Waals surface area contributed by atoms with Crippen LogP contribution in [0.5, 0.6) is 0 Å². The van der Waals surface area contributed by atoms with E-state index in [-0.39, 0.29) is 6.54 Å². The fraction of sp³-hybridized carbons (Fsp3) is 0.0833. The zero-order valence-corrected chi connectivity index (χ0v) is 10.5. The molecule has 4 nitrogen and oxygen atoms in total. The third-order valence-corrected chi connectivity index (χ3v) is 3.70. The summed E-state index contributed by atoms with van der Waals surface area (Å²) in [4.78, 5) is 3.48. The molecule has 1 aromatic heterocycles. The van der Waals surface area contributed by atoms with Gasteiger partial charge in [0.15, 0.2) is 0 Å². The van der Waals surface area contributed by atoms with Crippen molar-refractivity contribution in [3.8, 4) is 0 Å². The number of nitrogens with one attached hydrogen (secondary N) is 1. The number of aromatic nitrogens is 1. The summed E-state index contributed by atoms with van der Waals surface area (Å²) in [5, 5.41) is 0. The molecular formula is C12H10F2N2O2S. The zero-order chi connectivity index (χ0) is 13.9. The molecule has 0 saturated heterocycles. The smallest absolute Gasteiger partial charge is 0.241 e. The third-order valence-electron chi connectivity index (χ3n) is 2.32. The van der Waals surface area contributed by atoms with Crippen molar-refractivity contribution in [3.05, 3.63) is 59.9 Å². The van der Waals surface area contributed by atoms with Gasteiger partial charge in [0, 0.05) is 12.3 Å². The quantitative estimate of drug-likeness (QED) is 0.932. The molecule has 2 aromatic rings. The van der Waals surface area contributed by atoms with Gasteiger partial charge in [-0.15, -0.1) is 0 Å². The van der Waals surface area contributed by atoms with E-state index >= 15 is 0 Å². The maximum Gasteiger partial charge on any atom is 0.241 e. The van der Waals surface area contributed by atoms with E-state index in [2.05, 4.69) is 9.71 Å². The Morgan fingerprint density at radius 2 is 1.79 bits per heavy atom. The van der Waals surface area contributed by atoms with Gasteiger partial charge in [-0.25, -0.2) is 21.9 Å². The second-order valence-corrected chi connectivity index (χ2v) is 5.52. The average Bonchev–Trinajstić information content (AvgIpc) is 2.37. The summed E-state index contributed by atoms with van der Waals surface area (Å²) in [6.45, 7) is -0.0543. The predicted molar refractivity (Wildman–Crippen MR) is 64.6 cm³/mol. The van der Waals surface area contributed by atoms with Gasteiger partial charge in [-0.3, -0.25) is 4.98 Å². The molecular weight excluding hydrogens is 274 g/mol. The number of rotatable bonds is 4. The Balaban J connectivity index is 2.19. The van der Waals surface area contributed by atoms with Crippen molar-refractivity contribution < 1.29 is 17.2 Å². The van der Waals surface area contributed by atoms with E-state index in [0.29, 0.717) is 11.8 Å². The Morgan fingerprint density at radius 3 is 2.37 bits per heavy atom. The maximum absolute atomic E-state index is 13.0. The predicted octanol–water partition coefficient (Wildman–Crippen LogP) is 1.84. The van der Waals surface area contributed by atoms with Crippen LogP contribution >= 0.6 is 0 Å². The lowest BCUT2D eigenvalue weighted by Gasteiger charge is -2.06. The number of halogens is 2. The van der Waals surface area contributed by atoms with Gasteiger partial charge in [-0.2, -0.15) is 0 Å². The lowest BCUT2D eigenvalue weighted by Crippen LogP contribution is -2.24. The van der Waals surface area contributed by atoms with Gasteiger partial charge >= 0.3 is 0 Å². The summed E-state index contributed by atoms with van der Waals surface area (Å²) in [6, 6.07) is 7.15. The van der Waals surface area contributed by atoms with Gasteiger partial charge in [-0.05, 0) is 24.3 Å². The van der Waals surface area contributed by atoms with Crippen LogP contribution in [0.3, 0.4) is 0 Å². The highest BCUT2D eigenvalue weighted by Gasteiger charge is 2.16. The number of nitrogens with zero attached hydrogens (tertiary/aromatic N) is 1. The van der Waals surface area contributed by atoms with Crippen molar-refractivity contribution in [3.63, 3.8) is 0 Å². The molecule has 0 saturated carbocycles. The van der Waals surface area contributed by atoms with Crippen molar-refractivity contribution in [2.45, 2.75) is 11.4 Å². The summed E-state index contributed by atoms with van der Waals surface area (Å²) in [5.74, 6) is -1.89. The Morgan fingerprint density at radius 1 is 1.11 bits per heavy atom. The van der Waals surface area contributed by atoms with E-state index < -0.39 is 26.6 Å². The highest BCUT2D eigenvalue weighted by Crippen LogP contribution is 2.13. The number of pyridine rings is 1. The molecule has 19 heavy (non-hydrogen) atoms. The number of hydrogen-bond donors (Lipinski definition) is 1. The maximum atomic E-state index is 13.0. The Bertz CT molecular complexity index is 655. The monoisotopic (exact) mass is 284 g/mol. The highest BCUT2D eigenvalue weighted by atomic mass is 32.2. The third kappa shape index (κ3) is 3.55. The van der Waals surface area contributed by atoms with Crippen molar-refractivity contribution in [2.75, 3.05) is 0 Å². The minimum atomic E-state index is -3.97. The van der Waals surface area contributed by atoms with Crippen LogP contribution < -0.4 is 4.72 Å². The minimum absolute atomic E-state index is 0.0543. The van der Waals surface area contributed by atoms with Crippen molar-refractivity contribution in [2.24, 2.45) is 0 Å². The topological polar surface area (TPSA) is 59.1 Å². The van der Waals surface area contributed by atoms with Crippen LogP contribution in [0.25, 0.3) is 0 Å². The van der Waals surface area contributed by atoms with Crippen LogP contribution in [0, 0.1) is 11.6 Å². The second kappa shape index (κ2) is 5.41. The van der Waals surface area contributed by atoms with E-state index in [0.717, 1.165) is 12.1 Å².